The molecule has 2 rings (SSSR count). The maximum atomic E-state index is 11.3. The van der Waals surface area contributed by atoms with Crippen molar-refractivity contribution in [3.05, 3.63) is 35.4 Å². The Labute approximate surface area is 121 Å². The molecule has 0 bridgehead atoms. The van der Waals surface area contributed by atoms with Crippen LogP contribution in [0.2, 0.25) is 0 Å². The van der Waals surface area contributed by atoms with E-state index in [0.717, 1.165) is 12.8 Å². The fourth-order valence-electron chi connectivity index (χ4n) is 2.54. The second-order valence-electron chi connectivity index (χ2n) is 6.69. The monoisotopic (exact) mass is 276 g/mol. The zero-order valence-electron chi connectivity index (χ0n) is 12.6. The van der Waals surface area contributed by atoms with E-state index < -0.39 is 6.10 Å². The Morgan fingerprint density at radius 3 is 2.45 bits per heavy atom. The average molecular weight is 276 g/mol. The largest absolute Gasteiger partial charge is 0.462 e. The Bertz CT molecular complexity index is 456. The van der Waals surface area contributed by atoms with Crippen molar-refractivity contribution in [2.24, 2.45) is 0 Å². The van der Waals surface area contributed by atoms with Crippen molar-refractivity contribution in [3.63, 3.8) is 0 Å². The number of hydrogen-bond donors (Lipinski definition) is 1. The molecule has 0 saturated carbocycles. The zero-order valence-corrected chi connectivity index (χ0v) is 12.6. The summed E-state index contributed by atoms with van der Waals surface area (Å²) in [5, 5.41) is 9.57. The molecule has 1 aliphatic heterocycles. The molecule has 1 aromatic rings. The number of carbonyl (C=O) groups excluding carboxylic acids is 1. The Balaban J connectivity index is 1.89. The molecule has 0 unspecified atom stereocenters. The van der Waals surface area contributed by atoms with Gasteiger partial charge in [0.2, 0.25) is 0 Å². The van der Waals surface area contributed by atoms with E-state index in [0.29, 0.717) is 6.42 Å². The van der Waals surface area contributed by atoms with Crippen molar-refractivity contribution in [2.75, 3.05) is 0 Å². The molecule has 0 radical (unpaired) electrons. The molecule has 2 atom stereocenters. The summed E-state index contributed by atoms with van der Waals surface area (Å²) in [5.41, 5.74) is 2.73. The number of esters is 1. The maximum Gasteiger partial charge on any atom is 0.308 e. The van der Waals surface area contributed by atoms with Gasteiger partial charge in [-0.05, 0) is 29.4 Å². The minimum atomic E-state index is -0.537. The first-order valence-corrected chi connectivity index (χ1v) is 7.31. The van der Waals surface area contributed by atoms with Crippen LogP contribution in [-0.2, 0) is 21.4 Å². The van der Waals surface area contributed by atoms with Gasteiger partial charge in [0.15, 0.2) is 0 Å². The minimum Gasteiger partial charge on any atom is -0.462 e. The lowest BCUT2D eigenvalue weighted by Crippen LogP contribution is -2.32. The highest BCUT2D eigenvalue weighted by Gasteiger charge is 2.26. The second kappa shape index (κ2) is 5.96. The van der Waals surface area contributed by atoms with Gasteiger partial charge in [-0.2, -0.15) is 0 Å². The van der Waals surface area contributed by atoms with Crippen molar-refractivity contribution in [1.29, 1.82) is 0 Å². The van der Waals surface area contributed by atoms with E-state index in [1.165, 1.54) is 11.1 Å². The third-order valence-corrected chi connectivity index (χ3v) is 3.81. The van der Waals surface area contributed by atoms with Crippen molar-refractivity contribution in [3.8, 4) is 0 Å². The number of rotatable bonds is 3. The van der Waals surface area contributed by atoms with Crippen LogP contribution in [0.4, 0.5) is 0 Å². The molecule has 0 amide bonds. The second-order valence-corrected chi connectivity index (χ2v) is 6.69. The molecule has 1 heterocycles. The predicted octanol–water partition coefficient (Wildman–Crippen LogP) is 2.98. The van der Waals surface area contributed by atoms with Crippen LogP contribution in [0.15, 0.2) is 24.3 Å². The smallest absolute Gasteiger partial charge is 0.308 e. The summed E-state index contributed by atoms with van der Waals surface area (Å²) >= 11 is 0. The van der Waals surface area contributed by atoms with Gasteiger partial charge in [-0.15, -0.1) is 0 Å². The van der Waals surface area contributed by atoms with Gasteiger partial charge in [0.1, 0.15) is 6.10 Å². The summed E-state index contributed by atoms with van der Waals surface area (Å²) in [6.45, 7) is 6.60. The van der Waals surface area contributed by atoms with Gasteiger partial charge in [0.05, 0.1) is 12.5 Å². The van der Waals surface area contributed by atoms with Crippen LogP contribution in [0.25, 0.3) is 0 Å². The first-order valence-electron chi connectivity index (χ1n) is 7.31. The molecule has 0 aliphatic carbocycles. The van der Waals surface area contributed by atoms with E-state index in [9.17, 15) is 9.90 Å². The third-order valence-electron chi connectivity index (χ3n) is 3.81. The summed E-state index contributed by atoms with van der Waals surface area (Å²) in [6, 6.07) is 8.61. The van der Waals surface area contributed by atoms with Crippen molar-refractivity contribution in [2.45, 2.75) is 64.1 Å². The Kier molecular flexibility index (Phi) is 4.48. The number of cyclic esters (lactones) is 1. The first-order chi connectivity index (χ1) is 9.34. The van der Waals surface area contributed by atoms with Gasteiger partial charge < -0.3 is 9.84 Å². The fourth-order valence-corrected chi connectivity index (χ4v) is 2.54. The van der Waals surface area contributed by atoms with Crippen molar-refractivity contribution in [1.82, 2.24) is 0 Å². The van der Waals surface area contributed by atoms with E-state index in [1.54, 1.807) is 0 Å². The molecule has 0 aromatic heterocycles. The molecular weight excluding hydrogens is 252 g/mol. The summed E-state index contributed by atoms with van der Waals surface area (Å²) in [7, 11) is 0. The van der Waals surface area contributed by atoms with Crippen molar-refractivity contribution < 1.29 is 14.6 Å². The lowest BCUT2D eigenvalue weighted by atomic mass is 9.86. The van der Waals surface area contributed by atoms with E-state index >= 15 is 0 Å². The van der Waals surface area contributed by atoms with E-state index in [4.69, 9.17) is 4.74 Å². The highest BCUT2D eigenvalue weighted by atomic mass is 16.5. The quantitative estimate of drug-likeness (QED) is 0.863. The predicted molar refractivity (Wildman–Crippen MR) is 78.6 cm³/mol. The number of aliphatic hydroxyl groups excluding tert-OH is 1. The number of aryl methyl sites for hydroxylation is 1. The van der Waals surface area contributed by atoms with Crippen LogP contribution in [0, 0.1) is 0 Å². The number of ether oxygens (including phenoxy) is 1. The summed E-state index contributed by atoms with van der Waals surface area (Å²) in [5.74, 6) is -0.281. The van der Waals surface area contributed by atoms with Crippen LogP contribution in [0.5, 0.6) is 0 Å². The SMILES string of the molecule is CC(C)(C)c1ccc(CC[C@H]2C[C@H](O)CC(=O)O2)cc1. The number of carbonyl (C=O) groups is 1. The molecule has 1 aromatic carbocycles. The molecule has 1 N–H and O–H groups in total. The van der Waals surface area contributed by atoms with Crippen LogP contribution < -0.4 is 0 Å². The Morgan fingerprint density at radius 2 is 1.90 bits per heavy atom. The van der Waals surface area contributed by atoms with Gasteiger partial charge in [0.25, 0.3) is 0 Å². The zero-order chi connectivity index (χ0) is 14.8. The third kappa shape index (κ3) is 4.07. The number of hydrogen-bond acceptors (Lipinski definition) is 3. The molecule has 0 spiro atoms. The standard InChI is InChI=1S/C17H24O3/c1-17(2,3)13-7-4-12(5-8-13)6-9-15-10-14(18)11-16(19)20-15/h4-5,7-8,14-15,18H,6,9-11H2,1-3H3/t14-,15-/m0/s1. The molecule has 1 saturated heterocycles. The summed E-state index contributed by atoms with van der Waals surface area (Å²) < 4.78 is 5.26. The van der Waals surface area contributed by atoms with E-state index in [1.807, 2.05) is 0 Å². The normalized spacial score (nSPS) is 23.5. The molecule has 110 valence electrons. The topological polar surface area (TPSA) is 46.5 Å². The van der Waals surface area contributed by atoms with Gasteiger partial charge in [0, 0.05) is 6.42 Å². The number of benzene rings is 1. The van der Waals surface area contributed by atoms with E-state index in [-0.39, 0.29) is 23.9 Å². The highest BCUT2D eigenvalue weighted by Crippen LogP contribution is 2.23. The molecule has 3 nitrogen and oxygen atoms in total. The number of aliphatic hydroxyl groups is 1. The molecular formula is C17H24O3. The Hall–Kier alpha value is -1.35. The molecule has 20 heavy (non-hydrogen) atoms. The lowest BCUT2D eigenvalue weighted by molar-refractivity contribution is -0.160. The molecule has 1 fully saturated rings. The Morgan fingerprint density at radius 1 is 1.25 bits per heavy atom. The van der Waals surface area contributed by atoms with Gasteiger partial charge in [-0.25, -0.2) is 0 Å². The van der Waals surface area contributed by atoms with E-state index in [2.05, 4.69) is 45.0 Å². The van der Waals surface area contributed by atoms with Crippen LogP contribution in [0.3, 0.4) is 0 Å². The van der Waals surface area contributed by atoms with Crippen molar-refractivity contribution >= 4 is 5.97 Å². The highest BCUT2D eigenvalue weighted by molar-refractivity contribution is 5.70. The lowest BCUT2D eigenvalue weighted by Gasteiger charge is -2.26. The average Bonchev–Trinajstić information content (AvgIpc) is 2.35. The van der Waals surface area contributed by atoms with Crippen LogP contribution in [-0.4, -0.2) is 23.3 Å². The minimum absolute atomic E-state index is 0.136. The van der Waals surface area contributed by atoms with Gasteiger partial charge >= 0.3 is 5.97 Å². The first kappa shape index (κ1) is 15.0. The summed E-state index contributed by atoms with van der Waals surface area (Å²) in [6.07, 6.45) is 1.66. The summed E-state index contributed by atoms with van der Waals surface area (Å²) in [4.78, 5) is 11.3. The molecule has 1 aliphatic rings. The van der Waals surface area contributed by atoms with Gasteiger partial charge in [-0.3, -0.25) is 4.79 Å². The fraction of sp³-hybridized carbons (Fsp3) is 0.588. The van der Waals surface area contributed by atoms with Crippen LogP contribution in [0.1, 0.15) is 51.2 Å². The maximum absolute atomic E-state index is 11.3. The van der Waals surface area contributed by atoms with Crippen LogP contribution >= 0.6 is 0 Å². The van der Waals surface area contributed by atoms with Gasteiger partial charge in [-0.1, -0.05) is 45.0 Å². The molecule has 3 heteroatoms.